The van der Waals surface area contributed by atoms with Crippen molar-refractivity contribution in [1.82, 2.24) is 16.0 Å². The average molecular weight is 473 g/mol. The number of aliphatic carboxylic acids is 2. The molecule has 0 spiro atoms. The smallest absolute Gasteiger partial charge is 0.326 e. The van der Waals surface area contributed by atoms with E-state index in [1.165, 1.54) is 6.20 Å². The quantitative estimate of drug-likeness (QED) is 0.179. The number of hydrogen-bond donors (Lipinski definition) is 6. The second-order valence-corrected chi connectivity index (χ2v) is 6.81. The Balaban J connectivity index is 4.47. The van der Waals surface area contributed by atoms with Crippen LogP contribution in [0.25, 0.3) is 0 Å². The molecule has 24 heavy (non-hydrogen) atoms. The molecule has 0 fully saturated rings. The summed E-state index contributed by atoms with van der Waals surface area (Å²) in [5.74, 6) is -3.52. The Morgan fingerprint density at radius 1 is 1.21 bits per heavy atom. The Labute approximate surface area is 158 Å². The van der Waals surface area contributed by atoms with Crippen LogP contribution in [-0.4, -0.2) is 58.3 Å². The van der Waals surface area contributed by atoms with Gasteiger partial charge in [0.2, 0.25) is 11.8 Å². The fraction of sp³-hybridized carbons (Fsp3) is 0.538. The maximum Gasteiger partial charge on any atom is 0.326 e. The third kappa shape index (κ3) is 10.3. The van der Waals surface area contributed by atoms with Crippen molar-refractivity contribution >= 4 is 59.0 Å². The van der Waals surface area contributed by atoms with Gasteiger partial charge in [-0.25, -0.2) is 4.79 Å². The minimum absolute atomic E-state index is 0.0193. The number of allylic oxidation sites excluding steroid dienone is 1. The standard InChI is InChI=1S/C13H20IN3O6S/c1-7(14)4-15-8(13(22)23)2-3-10(18)17-9(6-24)12(21)16-5-11(19)20/h4,8-9,15,24H,2-3,5-6H2,1H3,(H,16,21)(H,17,18)(H,19,20)(H,22,23)/b7-4-. The molecule has 0 aliphatic rings. The summed E-state index contributed by atoms with van der Waals surface area (Å²) < 4.78 is 0.855. The lowest BCUT2D eigenvalue weighted by Gasteiger charge is -2.17. The average Bonchev–Trinajstić information content (AvgIpc) is 2.49. The van der Waals surface area contributed by atoms with E-state index in [1.54, 1.807) is 6.92 Å². The van der Waals surface area contributed by atoms with Gasteiger partial charge in [0.25, 0.3) is 0 Å². The molecule has 0 rings (SSSR count). The third-order valence-electron chi connectivity index (χ3n) is 2.69. The lowest BCUT2D eigenvalue weighted by Crippen LogP contribution is -2.49. The first-order chi connectivity index (χ1) is 11.2. The van der Waals surface area contributed by atoms with E-state index in [0.29, 0.717) is 0 Å². The van der Waals surface area contributed by atoms with Crippen molar-refractivity contribution in [2.45, 2.75) is 31.8 Å². The zero-order chi connectivity index (χ0) is 18.7. The second-order valence-electron chi connectivity index (χ2n) is 4.74. The van der Waals surface area contributed by atoms with Crippen molar-refractivity contribution in [2.75, 3.05) is 12.3 Å². The molecule has 0 heterocycles. The zero-order valence-corrected chi connectivity index (χ0v) is 16.0. The number of carbonyl (C=O) groups is 4. The fourth-order valence-electron chi connectivity index (χ4n) is 1.52. The van der Waals surface area contributed by atoms with Crippen molar-refractivity contribution in [3.63, 3.8) is 0 Å². The van der Waals surface area contributed by atoms with E-state index in [4.69, 9.17) is 10.2 Å². The summed E-state index contributed by atoms with van der Waals surface area (Å²) in [4.78, 5) is 45.0. The monoisotopic (exact) mass is 473 g/mol. The molecule has 9 nitrogen and oxygen atoms in total. The van der Waals surface area contributed by atoms with Crippen LogP contribution in [0.15, 0.2) is 9.78 Å². The Bertz CT molecular complexity index is 510. The van der Waals surface area contributed by atoms with E-state index < -0.39 is 42.4 Å². The summed E-state index contributed by atoms with van der Waals surface area (Å²) in [6.45, 7) is 1.22. The molecule has 0 saturated carbocycles. The van der Waals surface area contributed by atoms with Crippen LogP contribution in [0.5, 0.6) is 0 Å². The molecule has 2 unspecified atom stereocenters. The van der Waals surface area contributed by atoms with Gasteiger partial charge in [0.1, 0.15) is 18.6 Å². The van der Waals surface area contributed by atoms with Gasteiger partial charge >= 0.3 is 11.9 Å². The number of thiol groups is 1. The number of rotatable bonds is 11. The maximum absolute atomic E-state index is 11.8. The highest BCUT2D eigenvalue weighted by molar-refractivity contribution is 14.1. The lowest BCUT2D eigenvalue weighted by molar-refractivity contribution is -0.139. The van der Waals surface area contributed by atoms with Gasteiger partial charge in [0, 0.05) is 22.0 Å². The van der Waals surface area contributed by atoms with E-state index in [-0.39, 0.29) is 18.6 Å². The molecule has 2 amide bonds. The van der Waals surface area contributed by atoms with Crippen LogP contribution in [0.2, 0.25) is 0 Å². The van der Waals surface area contributed by atoms with Gasteiger partial charge in [0.15, 0.2) is 0 Å². The first kappa shape index (κ1) is 22.5. The predicted octanol–water partition coefficient (Wildman–Crippen LogP) is -0.279. The molecular weight excluding hydrogens is 453 g/mol. The van der Waals surface area contributed by atoms with Gasteiger partial charge in [-0.05, 0) is 35.9 Å². The number of amides is 2. The summed E-state index contributed by atoms with van der Waals surface area (Å²) in [6.07, 6.45) is 1.44. The van der Waals surface area contributed by atoms with E-state index in [0.717, 1.165) is 3.58 Å². The molecule has 0 saturated heterocycles. The second kappa shape index (κ2) is 11.9. The van der Waals surface area contributed by atoms with E-state index in [9.17, 15) is 19.2 Å². The van der Waals surface area contributed by atoms with Crippen LogP contribution in [-0.2, 0) is 19.2 Å². The fourth-order valence-corrected chi connectivity index (χ4v) is 1.95. The molecule has 5 N–H and O–H groups in total. The molecule has 136 valence electrons. The summed E-state index contributed by atoms with van der Waals surface area (Å²) in [5.41, 5.74) is 0. The molecule has 0 aromatic heterocycles. The molecule has 0 aliphatic heterocycles. The molecule has 0 radical (unpaired) electrons. The molecule has 0 aromatic carbocycles. The normalized spacial score (nSPS) is 13.5. The number of halogens is 1. The highest BCUT2D eigenvalue weighted by Crippen LogP contribution is 2.04. The van der Waals surface area contributed by atoms with Gasteiger partial charge < -0.3 is 26.2 Å². The van der Waals surface area contributed by atoms with Crippen LogP contribution in [0.4, 0.5) is 0 Å². The number of hydrogen-bond acceptors (Lipinski definition) is 6. The molecule has 11 heteroatoms. The summed E-state index contributed by atoms with van der Waals surface area (Å²) in [7, 11) is 0. The molecule has 2 atom stereocenters. The van der Waals surface area contributed by atoms with Gasteiger partial charge in [-0.3, -0.25) is 14.4 Å². The molecule has 0 aromatic rings. The van der Waals surface area contributed by atoms with Gasteiger partial charge in [-0.15, -0.1) is 0 Å². The Morgan fingerprint density at radius 3 is 2.29 bits per heavy atom. The summed E-state index contributed by atoms with van der Waals surface area (Å²) in [5, 5.41) is 24.8. The van der Waals surface area contributed by atoms with Crippen molar-refractivity contribution in [2.24, 2.45) is 0 Å². The predicted molar refractivity (Wildman–Crippen MR) is 98.0 cm³/mol. The molecule has 0 bridgehead atoms. The minimum Gasteiger partial charge on any atom is -0.480 e. The SMILES string of the molecule is C/C(I)=C/NC(CCC(=O)NC(CS)C(=O)NCC(=O)O)C(=O)O. The van der Waals surface area contributed by atoms with Crippen molar-refractivity contribution in [3.8, 4) is 0 Å². The molecule has 0 aliphatic carbocycles. The van der Waals surface area contributed by atoms with Crippen LogP contribution in [0, 0.1) is 0 Å². The van der Waals surface area contributed by atoms with E-state index in [1.807, 2.05) is 22.6 Å². The number of carboxylic acid groups (broad SMARTS) is 2. The van der Waals surface area contributed by atoms with Crippen molar-refractivity contribution in [1.29, 1.82) is 0 Å². The Kier molecular flexibility index (Phi) is 11.2. The summed E-state index contributed by atoms with van der Waals surface area (Å²) >= 11 is 5.95. The third-order valence-corrected chi connectivity index (χ3v) is 3.37. The van der Waals surface area contributed by atoms with Crippen molar-refractivity contribution in [3.05, 3.63) is 9.78 Å². The topological polar surface area (TPSA) is 145 Å². The van der Waals surface area contributed by atoms with Gasteiger partial charge in [0.05, 0.1) is 0 Å². The number of carboxylic acids is 2. The van der Waals surface area contributed by atoms with Crippen LogP contribution in [0.3, 0.4) is 0 Å². The van der Waals surface area contributed by atoms with E-state index in [2.05, 4.69) is 28.6 Å². The maximum atomic E-state index is 11.8. The van der Waals surface area contributed by atoms with E-state index >= 15 is 0 Å². The highest BCUT2D eigenvalue weighted by atomic mass is 127. The Morgan fingerprint density at radius 2 is 1.83 bits per heavy atom. The highest BCUT2D eigenvalue weighted by Gasteiger charge is 2.22. The Hall–Kier alpha value is -1.50. The van der Waals surface area contributed by atoms with Gasteiger partial charge in [-0.2, -0.15) is 12.6 Å². The van der Waals surface area contributed by atoms with Crippen LogP contribution in [0.1, 0.15) is 19.8 Å². The van der Waals surface area contributed by atoms with Gasteiger partial charge in [-0.1, -0.05) is 0 Å². The van der Waals surface area contributed by atoms with Crippen LogP contribution < -0.4 is 16.0 Å². The largest absolute Gasteiger partial charge is 0.480 e. The first-order valence-corrected chi connectivity index (χ1v) is 8.59. The molecular formula is C13H20IN3O6S. The lowest BCUT2D eigenvalue weighted by atomic mass is 10.1. The summed E-state index contributed by atoms with van der Waals surface area (Å²) in [6, 6.07) is -1.93. The van der Waals surface area contributed by atoms with Crippen LogP contribution >= 0.6 is 35.2 Å². The minimum atomic E-state index is -1.21. The first-order valence-electron chi connectivity index (χ1n) is 6.88. The van der Waals surface area contributed by atoms with Crippen molar-refractivity contribution < 1.29 is 29.4 Å². The number of carbonyl (C=O) groups excluding carboxylic acids is 2. The zero-order valence-electron chi connectivity index (χ0n) is 12.9. The number of nitrogens with one attached hydrogen (secondary N) is 3.